The Bertz CT molecular complexity index is 197. The van der Waals surface area contributed by atoms with E-state index >= 15 is 0 Å². The molecule has 1 fully saturated rings. The molecule has 1 saturated carbocycles. The Kier molecular flexibility index (Phi) is 2.14. The smallest absolute Gasteiger partial charge is 0.240 e. The standard InChI is InChI=1S/C8H16N2O2/c1-7(2,5-11)10-6(12)8(9)3-4-8/h11H,3-5,9H2,1-2H3,(H,10,12). The topological polar surface area (TPSA) is 75.3 Å². The fraction of sp³-hybridized carbons (Fsp3) is 0.875. The number of hydrogen-bond donors (Lipinski definition) is 3. The Labute approximate surface area is 72.1 Å². The minimum atomic E-state index is -0.646. The lowest BCUT2D eigenvalue weighted by Gasteiger charge is -2.25. The maximum atomic E-state index is 11.4. The highest BCUT2D eigenvalue weighted by Gasteiger charge is 2.47. The van der Waals surface area contributed by atoms with Crippen molar-refractivity contribution in [3.8, 4) is 0 Å². The summed E-state index contributed by atoms with van der Waals surface area (Å²) in [5.74, 6) is -0.151. The van der Waals surface area contributed by atoms with Crippen molar-refractivity contribution in [3.63, 3.8) is 0 Å². The highest BCUT2D eigenvalue weighted by atomic mass is 16.3. The van der Waals surface area contributed by atoms with Gasteiger partial charge in [0, 0.05) is 0 Å². The molecular formula is C8H16N2O2. The van der Waals surface area contributed by atoms with Crippen molar-refractivity contribution >= 4 is 5.91 Å². The number of aliphatic hydroxyl groups excluding tert-OH is 1. The first-order valence-corrected chi connectivity index (χ1v) is 4.12. The van der Waals surface area contributed by atoms with Crippen LogP contribution in [0.3, 0.4) is 0 Å². The molecule has 4 nitrogen and oxygen atoms in total. The number of rotatable bonds is 3. The number of hydrogen-bond acceptors (Lipinski definition) is 3. The molecule has 0 heterocycles. The first-order valence-electron chi connectivity index (χ1n) is 4.12. The van der Waals surface area contributed by atoms with Crippen molar-refractivity contribution in [1.29, 1.82) is 0 Å². The molecule has 0 aromatic carbocycles. The van der Waals surface area contributed by atoms with Gasteiger partial charge >= 0.3 is 0 Å². The zero-order chi connectivity index (χ0) is 9.41. The summed E-state index contributed by atoms with van der Waals surface area (Å²) in [6, 6.07) is 0. The minimum absolute atomic E-state index is 0.0746. The van der Waals surface area contributed by atoms with E-state index in [9.17, 15) is 4.79 Å². The fourth-order valence-electron chi connectivity index (χ4n) is 0.833. The van der Waals surface area contributed by atoms with Crippen molar-refractivity contribution in [2.45, 2.75) is 37.8 Å². The van der Waals surface area contributed by atoms with Gasteiger partial charge in [0.1, 0.15) is 0 Å². The summed E-state index contributed by atoms with van der Waals surface area (Å²) < 4.78 is 0. The number of nitrogens with one attached hydrogen (secondary N) is 1. The van der Waals surface area contributed by atoms with E-state index in [-0.39, 0.29) is 12.5 Å². The van der Waals surface area contributed by atoms with Crippen molar-refractivity contribution in [2.24, 2.45) is 5.73 Å². The van der Waals surface area contributed by atoms with Crippen LogP contribution in [0.1, 0.15) is 26.7 Å². The minimum Gasteiger partial charge on any atom is -0.394 e. The van der Waals surface area contributed by atoms with E-state index < -0.39 is 11.1 Å². The van der Waals surface area contributed by atoms with Crippen molar-refractivity contribution in [1.82, 2.24) is 5.32 Å². The van der Waals surface area contributed by atoms with E-state index in [4.69, 9.17) is 10.8 Å². The molecule has 0 aromatic heterocycles. The fourth-order valence-corrected chi connectivity index (χ4v) is 0.833. The maximum absolute atomic E-state index is 11.4. The molecule has 70 valence electrons. The predicted octanol–water partition coefficient (Wildman–Crippen LogP) is -0.635. The van der Waals surface area contributed by atoms with Gasteiger partial charge in [-0.1, -0.05) is 0 Å². The molecule has 0 bridgehead atoms. The summed E-state index contributed by atoms with van der Waals surface area (Å²) in [5, 5.41) is 11.6. The molecular weight excluding hydrogens is 156 g/mol. The Morgan fingerprint density at radius 2 is 2.17 bits per heavy atom. The molecule has 1 aliphatic rings. The number of amides is 1. The average Bonchev–Trinajstić information content (AvgIpc) is 2.69. The van der Waals surface area contributed by atoms with Crippen LogP contribution in [-0.2, 0) is 4.79 Å². The number of nitrogens with two attached hydrogens (primary N) is 1. The summed E-state index contributed by atoms with van der Waals surface area (Å²) in [4.78, 5) is 11.4. The SMILES string of the molecule is CC(C)(CO)NC(=O)C1(N)CC1. The number of aliphatic hydroxyl groups is 1. The number of carbonyl (C=O) groups excluding carboxylic acids is 1. The molecule has 0 radical (unpaired) electrons. The largest absolute Gasteiger partial charge is 0.394 e. The highest BCUT2D eigenvalue weighted by molar-refractivity contribution is 5.89. The normalized spacial score (nSPS) is 20.3. The van der Waals surface area contributed by atoms with Gasteiger partial charge in [-0.2, -0.15) is 0 Å². The second-order valence-corrected chi connectivity index (χ2v) is 4.15. The van der Waals surface area contributed by atoms with Gasteiger partial charge in [-0.3, -0.25) is 4.79 Å². The Balaban J connectivity index is 2.46. The molecule has 4 N–H and O–H groups in total. The van der Waals surface area contributed by atoms with Gasteiger partial charge < -0.3 is 16.2 Å². The van der Waals surface area contributed by atoms with Crippen LogP contribution in [0.5, 0.6) is 0 Å². The molecule has 4 heteroatoms. The first kappa shape index (κ1) is 9.48. The molecule has 1 rings (SSSR count). The lowest BCUT2D eigenvalue weighted by molar-refractivity contribution is -0.125. The third-order valence-electron chi connectivity index (χ3n) is 2.09. The van der Waals surface area contributed by atoms with Crippen molar-refractivity contribution < 1.29 is 9.90 Å². The quantitative estimate of drug-likeness (QED) is 0.530. The van der Waals surface area contributed by atoms with Gasteiger partial charge in [-0.05, 0) is 26.7 Å². The molecule has 0 atom stereocenters. The third kappa shape index (κ3) is 1.95. The molecule has 0 saturated heterocycles. The summed E-state index contributed by atoms with van der Waals surface area (Å²) >= 11 is 0. The van der Waals surface area contributed by atoms with E-state index in [0.29, 0.717) is 0 Å². The monoisotopic (exact) mass is 172 g/mol. The Hall–Kier alpha value is -0.610. The lowest BCUT2D eigenvalue weighted by Crippen LogP contribution is -2.53. The van der Waals surface area contributed by atoms with Crippen LogP contribution in [0, 0.1) is 0 Å². The maximum Gasteiger partial charge on any atom is 0.240 e. The third-order valence-corrected chi connectivity index (χ3v) is 2.09. The molecule has 12 heavy (non-hydrogen) atoms. The Morgan fingerprint density at radius 1 is 1.67 bits per heavy atom. The van der Waals surface area contributed by atoms with Crippen LogP contribution in [0.25, 0.3) is 0 Å². The second-order valence-electron chi connectivity index (χ2n) is 4.15. The van der Waals surface area contributed by atoms with Gasteiger partial charge in [0.05, 0.1) is 17.7 Å². The summed E-state index contributed by atoms with van der Waals surface area (Å²) in [6.07, 6.45) is 1.50. The van der Waals surface area contributed by atoms with Gasteiger partial charge in [-0.15, -0.1) is 0 Å². The van der Waals surface area contributed by atoms with Gasteiger partial charge in [-0.25, -0.2) is 0 Å². The predicted molar refractivity (Wildman–Crippen MR) is 45.5 cm³/mol. The molecule has 1 aliphatic carbocycles. The zero-order valence-electron chi connectivity index (χ0n) is 7.55. The van der Waals surface area contributed by atoms with Crippen LogP contribution in [-0.4, -0.2) is 28.7 Å². The number of carbonyl (C=O) groups is 1. The molecule has 1 amide bonds. The highest BCUT2D eigenvalue weighted by Crippen LogP contribution is 2.32. The second kappa shape index (κ2) is 2.71. The first-order chi connectivity index (χ1) is 5.40. The summed E-state index contributed by atoms with van der Waals surface area (Å²) in [6.45, 7) is 3.45. The van der Waals surface area contributed by atoms with Crippen LogP contribution in [0.2, 0.25) is 0 Å². The molecule has 0 spiro atoms. The van der Waals surface area contributed by atoms with Crippen molar-refractivity contribution in [3.05, 3.63) is 0 Å². The van der Waals surface area contributed by atoms with E-state index in [0.717, 1.165) is 12.8 Å². The molecule has 0 unspecified atom stereocenters. The van der Waals surface area contributed by atoms with Crippen LogP contribution in [0.4, 0.5) is 0 Å². The Morgan fingerprint density at radius 3 is 2.50 bits per heavy atom. The van der Waals surface area contributed by atoms with E-state index in [1.807, 2.05) is 0 Å². The van der Waals surface area contributed by atoms with Crippen molar-refractivity contribution in [2.75, 3.05) is 6.61 Å². The van der Waals surface area contributed by atoms with Crippen LogP contribution < -0.4 is 11.1 Å². The van der Waals surface area contributed by atoms with Crippen LogP contribution >= 0.6 is 0 Å². The van der Waals surface area contributed by atoms with E-state index in [2.05, 4.69) is 5.32 Å². The molecule has 0 aromatic rings. The van der Waals surface area contributed by atoms with E-state index in [1.165, 1.54) is 0 Å². The van der Waals surface area contributed by atoms with Crippen LogP contribution in [0.15, 0.2) is 0 Å². The zero-order valence-corrected chi connectivity index (χ0v) is 7.55. The molecule has 0 aliphatic heterocycles. The summed E-state index contributed by atoms with van der Waals surface area (Å²) in [7, 11) is 0. The van der Waals surface area contributed by atoms with Gasteiger partial charge in [0.2, 0.25) is 5.91 Å². The summed E-state index contributed by atoms with van der Waals surface area (Å²) in [5.41, 5.74) is 4.45. The average molecular weight is 172 g/mol. The van der Waals surface area contributed by atoms with Gasteiger partial charge in [0.25, 0.3) is 0 Å². The van der Waals surface area contributed by atoms with Gasteiger partial charge in [0.15, 0.2) is 0 Å². The van der Waals surface area contributed by atoms with E-state index in [1.54, 1.807) is 13.8 Å². The lowest BCUT2D eigenvalue weighted by atomic mass is 10.1.